The molecule has 5 nitrogen and oxygen atoms in total. The molecule has 0 unspecified atom stereocenters. The molecule has 2 rings (SSSR count). The van der Waals surface area contributed by atoms with Crippen molar-refractivity contribution in [3.05, 3.63) is 52.0 Å². The van der Waals surface area contributed by atoms with Crippen LogP contribution < -0.4 is 10.6 Å². The summed E-state index contributed by atoms with van der Waals surface area (Å²) in [5.74, 6) is 0.564. The minimum absolute atomic E-state index is 0. The van der Waals surface area contributed by atoms with Crippen LogP contribution in [0.5, 0.6) is 0 Å². The topological polar surface area (TPSA) is 52.6 Å². The summed E-state index contributed by atoms with van der Waals surface area (Å²) >= 11 is 0.964. The predicted octanol–water partition coefficient (Wildman–Crippen LogP) is 3.97. The summed E-state index contributed by atoms with van der Waals surface area (Å²) in [5.41, 5.74) is 0.378. The fraction of sp³-hybridized carbons (Fsp3) is 0.444. The zero-order chi connectivity index (χ0) is 19.7. The highest BCUT2D eigenvalue weighted by Gasteiger charge is 2.33. The fourth-order valence-corrected chi connectivity index (χ4v) is 3.07. The zero-order valence-electron chi connectivity index (χ0n) is 15.8. The smallest absolute Gasteiger partial charge is 0.357 e. The van der Waals surface area contributed by atoms with E-state index in [1.54, 1.807) is 0 Å². The van der Waals surface area contributed by atoms with E-state index in [2.05, 4.69) is 37.6 Å². The molecule has 0 amide bonds. The summed E-state index contributed by atoms with van der Waals surface area (Å²) in [4.78, 5) is 10.1. The van der Waals surface area contributed by atoms with E-state index in [1.165, 1.54) is 5.56 Å². The Morgan fingerprint density at radius 3 is 2.54 bits per heavy atom. The van der Waals surface area contributed by atoms with Gasteiger partial charge in [-0.2, -0.15) is 13.2 Å². The van der Waals surface area contributed by atoms with Crippen molar-refractivity contribution in [1.29, 1.82) is 0 Å². The fourth-order valence-electron chi connectivity index (χ4n) is 2.34. The molecule has 2 N–H and O–H groups in total. The summed E-state index contributed by atoms with van der Waals surface area (Å²) in [6.45, 7) is 5.02. The lowest BCUT2D eigenvalue weighted by atomic mass is 10.2. The van der Waals surface area contributed by atoms with Crippen LogP contribution in [0.3, 0.4) is 0 Å². The molecule has 1 heterocycles. The van der Waals surface area contributed by atoms with E-state index in [1.807, 2.05) is 32.2 Å². The maximum absolute atomic E-state index is 12.6. The minimum Gasteiger partial charge on any atom is -0.357 e. The summed E-state index contributed by atoms with van der Waals surface area (Å²) in [5, 5.41) is 7.64. The van der Waals surface area contributed by atoms with Crippen molar-refractivity contribution in [3.63, 3.8) is 0 Å². The van der Waals surface area contributed by atoms with Gasteiger partial charge >= 0.3 is 6.18 Å². The Labute approximate surface area is 184 Å². The van der Waals surface area contributed by atoms with Gasteiger partial charge in [-0.15, -0.1) is 35.3 Å². The van der Waals surface area contributed by atoms with Crippen LogP contribution in [0.25, 0.3) is 0 Å². The number of benzene rings is 1. The summed E-state index contributed by atoms with van der Waals surface area (Å²) < 4.78 is 37.8. The molecule has 0 saturated heterocycles. The lowest BCUT2D eigenvalue weighted by Crippen LogP contribution is -2.40. The number of hydrogen-bond acceptors (Lipinski definition) is 4. The minimum atomic E-state index is -4.41. The van der Waals surface area contributed by atoms with Gasteiger partial charge < -0.3 is 15.5 Å². The molecule has 28 heavy (non-hydrogen) atoms. The molecule has 0 aliphatic rings. The Morgan fingerprint density at radius 1 is 1.21 bits per heavy atom. The first-order valence-corrected chi connectivity index (χ1v) is 9.52. The number of thiazole rings is 1. The van der Waals surface area contributed by atoms with E-state index >= 15 is 0 Å². The molecule has 0 spiro atoms. The zero-order valence-corrected chi connectivity index (χ0v) is 18.9. The molecule has 156 valence electrons. The van der Waals surface area contributed by atoms with Crippen molar-refractivity contribution in [2.75, 3.05) is 26.7 Å². The van der Waals surface area contributed by atoms with Gasteiger partial charge in [-0.3, -0.25) is 0 Å². The van der Waals surface area contributed by atoms with Gasteiger partial charge in [0.1, 0.15) is 5.01 Å². The second kappa shape index (κ2) is 12.2. The summed E-state index contributed by atoms with van der Waals surface area (Å²) in [6, 6.07) is 10.2. The Hall–Kier alpha value is -1.40. The number of rotatable bonds is 8. The molecule has 0 radical (unpaired) electrons. The van der Waals surface area contributed by atoms with E-state index in [-0.39, 0.29) is 30.5 Å². The van der Waals surface area contributed by atoms with E-state index < -0.39 is 11.9 Å². The van der Waals surface area contributed by atoms with Gasteiger partial charge in [-0.25, -0.2) is 9.98 Å². The van der Waals surface area contributed by atoms with Gasteiger partial charge in [0.25, 0.3) is 0 Å². The molecule has 1 aromatic heterocycles. The van der Waals surface area contributed by atoms with Gasteiger partial charge in [0.2, 0.25) is 0 Å². The number of nitrogens with one attached hydrogen (secondary N) is 2. The van der Waals surface area contributed by atoms with E-state index in [0.29, 0.717) is 24.1 Å². The van der Waals surface area contributed by atoms with Crippen LogP contribution in [0.15, 0.2) is 40.7 Å². The number of alkyl halides is 3. The average molecular weight is 527 g/mol. The Morgan fingerprint density at radius 2 is 1.93 bits per heavy atom. The van der Waals surface area contributed by atoms with Gasteiger partial charge in [-0.1, -0.05) is 30.3 Å². The third kappa shape index (κ3) is 8.74. The standard InChI is InChI=1S/C18H24F3N5S.HI/c1-3-22-17(24-11-16-25-15(13-27-16)18(19,20)21)23-9-10-26(2)12-14-7-5-4-6-8-14;/h4-8,13H,3,9-12H2,1-2H3,(H2,22,23,24);1H. The predicted molar refractivity (Wildman–Crippen MR) is 118 cm³/mol. The second-order valence-electron chi connectivity index (χ2n) is 5.97. The SMILES string of the molecule is CCNC(=NCc1nc(C(F)(F)F)cs1)NCCN(C)Cc1ccccc1.I. The monoisotopic (exact) mass is 527 g/mol. The first-order chi connectivity index (χ1) is 12.9. The maximum atomic E-state index is 12.6. The lowest BCUT2D eigenvalue weighted by molar-refractivity contribution is -0.140. The van der Waals surface area contributed by atoms with Crippen LogP contribution in [0, 0.1) is 0 Å². The molecule has 1 aromatic carbocycles. The number of aromatic nitrogens is 1. The van der Waals surface area contributed by atoms with Gasteiger partial charge in [0, 0.05) is 31.6 Å². The molecular formula is C18H25F3IN5S. The van der Waals surface area contributed by atoms with Crippen LogP contribution in [0.2, 0.25) is 0 Å². The van der Waals surface area contributed by atoms with Crippen LogP contribution in [-0.4, -0.2) is 42.5 Å². The maximum Gasteiger partial charge on any atom is 0.434 e. The number of hydrogen-bond donors (Lipinski definition) is 2. The van der Waals surface area contributed by atoms with Crippen LogP contribution in [-0.2, 0) is 19.3 Å². The first-order valence-electron chi connectivity index (χ1n) is 8.64. The molecule has 0 atom stereocenters. The van der Waals surface area contributed by atoms with Crippen LogP contribution >= 0.6 is 35.3 Å². The van der Waals surface area contributed by atoms with Crippen molar-refractivity contribution >= 4 is 41.3 Å². The van der Waals surface area contributed by atoms with Gasteiger partial charge in [0.05, 0.1) is 6.54 Å². The highest BCUT2D eigenvalue weighted by Crippen LogP contribution is 2.30. The van der Waals surface area contributed by atoms with Crippen molar-refractivity contribution in [1.82, 2.24) is 20.5 Å². The van der Waals surface area contributed by atoms with Crippen LogP contribution in [0.1, 0.15) is 23.2 Å². The van der Waals surface area contributed by atoms with Crippen molar-refractivity contribution < 1.29 is 13.2 Å². The van der Waals surface area contributed by atoms with Gasteiger partial charge in [-0.05, 0) is 19.5 Å². The summed E-state index contributed by atoms with van der Waals surface area (Å²) in [7, 11) is 2.03. The second-order valence-corrected chi connectivity index (χ2v) is 6.91. The summed E-state index contributed by atoms with van der Waals surface area (Å²) in [6.07, 6.45) is -4.41. The number of halogens is 4. The Balaban J connectivity index is 0.00000392. The largest absolute Gasteiger partial charge is 0.434 e. The van der Waals surface area contributed by atoms with Crippen LogP contribution in [0.4, 0.5) is 13.2 Å². The Kier molecular flexibility index (Phi) is 10.8. The molecule has 10 heteroatoms. The number of guanidine groups is 1. The number of aliphatic imine (C=N–C) groups is 1. The van der Waals surface area contributed by atoms with Gasteiger partial charge in [0.15, 0.2) is 11.7 Å². The highest BCUT2D eigenvalue weighted by molar-refractivity contribution is 14.0. The quantitative estimate of drug-likeness (QED) is 0.310. The van der Waals surface area contributed by atoms with E-state index in [0.717, 1.165) is 29.8 Å². The third-order valence-corrected chi connectivity index (χ3v) is 4.47. The molecule has 2 aromatic rings. The molecule has 0 fully saturated rings. The highest BCUT2D eigenvalue weighted by atomic mass is 127. The van der Waals surface area contributed by atoms with Crippen molar-refractivity contribution in [2.45, 2.75) is 26.2 Å². The molecule has 0 saturated carbocycles. The van der Waals surface area contributed by atoms with Crippen molar-refractivity contribution in [3.8, 4) is 0 Å². The van der Waals surface area contributed by atoms with Crippen molar-refractivity contribution in [2.24, 2.45) is 4.99 Å². The van der Waals surface area contributed by atoms with E-state index in [4.69, 9.17) is 0 Å². The molecular weight excluding hydrogens is 502 g/mol. The molecule has 0 aliphatic carbocycles. The number of nitrogens with zero attached hydrogens (tertiary/aromatic N) is 3. The molecule has 0 aliphatic heterocycles. The lowest BCUT2D eigenvalue weighted by Gasteiger charge is -2.18. The average Bonchev–Trinajstić information content (AvgIpc) is 3.10. The first kappa shape index (κ1) is 24.6. The molecule has 0 bridgehead atoms. The van der Waals surface area contributed by atoms with E-state index in [9.17, 15) is 13.2 Å². The third-order valence-electron chi connectivity index (χ3n) is 3.64. The normalized spacial score (nSPS) is 12.0. The Bertz CT molecular complexity index is 722. The number of likely N-dealkylation sites (N-methyl/N-ethyl adjacent to an activating group) is 1.